The largest absolute Gasteiger partial charge is 0.0929 e. The zero-order valence-corrected chi connectivity index (χ0v) is 13.3. The lowest BCUT2D eigenvalue weighted by Gasteiger charge is -1.91. The summed E-state index contributed by atoms with van der Waals surface area (Å²) in [6.45, 7) is 2.22. The molecule has 0 saturated carbocycles. The van der Waals surface area contributed by atoms with Crippen LogP contribution in [-0.2, 0) is 0 Å². The number of hydrogen-bond donors (Lipinski definition) is 0. The van der Waals surface area contributed by atoms with E-state index >= 15 is 0 Å². The predicted molar refractivity (Wildman–Crippen MR) is 96.3 cm³/mol. The van der Waals surface area contributed by atoms with Crippen molar-refractivity contribution in [1.82, 2.24) is 0 Å². The van der Waals surface area contributed by atoms with E-state index in [0.29, 0.717) is 0 Å². The van der Waals surface area contributed by atoms with E-state index in [1.807, 2.05) is 42.5 Å². The van der Waals surface area contributed by atoms with Crippen molar-refractivity contribution in [1.29, 1.82) is 0 Å². The Hall–Kier alpha value is -1.79. The summed E-state index contributed by atoms with van der Waals surface area (Å²) in [4.78, 5) is 0. The summed E-state index contributed by atoms with van der Waals surface area (Å²) in [5, 5.41) is 0. The fraction of sp³-hybridized carbons (Fsp3) is 0.200. The third-order valence-electron chi connectivity index (χ3n) is 2.89. The Morgan fingerprint density at radius 2 is 1.33 bits per heavy atom. The van der Waals surface area contributed by atoms with Crippen LogP contribution in [0.3, 0.4) is 0 Å². The molecule has 2 aromatic rings. The summed E-state index contributed by atoms with van der Waals surface area (Å²) >= 11 is 5.36. The van der Waals surface area contributed by atoms with Gasteiger partial charge in [-0.25, -0.2) is 0 Å². The fourth-order valence-electron chi connectivity index (χ4n) is 1.74. The maximum Gasteiger partial charge on any atom is 0.00484 e. The van der Waals surface area contributed by atoms with Crippen LogP contribution in [0.15, 0.2) is 72.3 Å². The van der Waals surface area contributed by atoms with Crippen LogP contribution in [0.1, 0.15) is 37.3 Å². The van der Waals surface area contributed by atoms with Gasteiger partial charge in [0.1, 0.15) is 0 Å². The molecule has 0 N–H and O–H groups in total. The fourth-order valence-corrected chi connectivity index (χ4v) is 1.89. The summed E-state index contributed by atoms with van der Waals surface area (Å²) in [6.07, 6.45) is 10.1. The molecule has 0 saturated heterocycles. The minimum absolute atomic E-state index is 1.13. The number of unbranched alkanes of at least 4 members (excludes halogenated alkanes) is 2. The monoisotopic (exact) mass is 298 g/mol. The van der Waals surface area contributed by atoms with Crippen LogP contribution in [0.5, 0.6) is 0 Å². The second kappa shape index (κ2) is 12.0. The van der Waals surface area contributed by atoms with Gasteiger partial charge in [0.25, 0.3) is 0 Å². The third kappa shape index (κ3) is 8.88. The van der Waals surface area contributed by atoms with Crippen LogP contribution < -0.4 is 0 Å². The van der Waals surface area contributed by atoms with E-state index in [1.165, 1.54) is 30.4 Å². The number of hydrogen-bond acceptors (Lipinski definition) is 0. The quantitative estimate of drug-likeness (QED) is 0.533. The van der Waals surface area contributed by atoms with E-state index in [9.17, 15) is 0 Å². The molecule has 0 heterocycles. The van der Waals surface area contributed by atoms with Gasteiger partial charge in [0.2, 0.25) is 0 Å². The Morgan fingerprint density at radius 1 is 0.810 bits per heavy atom. The normalized spacial score (nSPS) is 10.6. The van der Waals surface area contributed by atoms with Crippen LogP contribution in [-0.4, -0.2) is 0 Å². The van der Waals surface area contributed by atoms with E-state index in [-0.39, 0.29) is 0 Å². The lowest BCUT2D eigenvalue weighted by Crippen LogP contribution is -1.69. The van der Waals surface area contributed by atoms with Gasteiger partial charge in [0.05, 0.1) is 0 Å². The van der Waals surface area contributed by atoms with Gasteiger partial charge in [-0.15, -0.1) is 0 Å². The lowest BCUT2D eigenvalue weighted by molar-refractivity contribution is 0.816. The first-order chi connectivity index (χ1) is 10.4. The highest BCUT2D eigenvalue weighted by molar-refractivity contribution is 6.27. The van der Waals surface area contributed by atoms with Crippen molar-refractivity contribution in [2.45, 2.75) is 26.2 Å². The zero-order valence-electron chi connectivity index (χ0n) is 12.6. The van der Waals surface area contributed by atoms with Crippen molar-refractivity contribution >= 4 is 23.8 Å². The first-order valence-electron chi connectivity index (χ1n) is 7.40. The molecule has 0 atom stereocenters. The van der Waals surface area contributed by atoms with Crippen molar-refractivity contribution in [3.8, 4) is 0 Å². The molecule has 0 amide bonds. The van der Waals surface area contributed by atoms with Gasteiger partial charge >= 0.3 is 0 Å². The van der Waals surface area contributed by atoms with Gasteiger partial charge in [-0.2, -0.15) is 0 Å². The molecular formula is C20H23Cl. The predicted octanol–water partition coefficient (Wildman–Crippen LogP) is 6.79. The van der Waals surface area contributed by atoms with E-state index in [1.54, 1.807) is 0 Å². The van der Waals surface area contributed by atoms with Crippen LogP contribution in [0.2, 0.25) is 0 Å². The molecule has 0 spiro atoms. The molecule has 0 aromatic heterocycles. The third-order valence-corrected chi connectivity index (χ3v) is 3.02. The minimum Gasteiger partial charge on any atom is -0.0929 e. The summed E-state index contributed by atoms with van der Waals surface area (Å²) in [6, 6.07) is 20.4. The van der Waals surface area contributed by atoms with Crippen LogP contribution in [0.4, 0.5) is 0 Å². The van der Waals surface area contributed by atoms with Gasteiger partial charge in [-0.05, 0) is 23.6 Å². The molecule has 0 aliphatic heterocycles. The average Bonchev–Trinajstić information content (AvgIpc) is 2.55. The van der Waals surface area contributed by atoms with E-state index in [4.69, 9.17) is 11.6 Å². The van der Waals surface area contributed by atoms with Crippen LogP contribution in [0.25, 0.3) is 12.2 Å². The number of benzene rings is 2. The van der Waals surface area contributed by atoms with Crippen LogP contribution >= 0.6 is 11.6 Å². The molecule has 0 aliphatic carbocycles. The van der Waals surface area contributed by atoms with Crippen molar-refractivity contribution in [2.75, 3.05) is 0 Å². The molecule has 0 nitrogen and oxygen atoms in total. The molecular weight excluding hydrogens is 276 g/mol. The Bertz CT molecular complexity index is 512. The standard InChI is InChI=1S/C12H16.C8H7Cl/c1-2-3-4-6-9-12-10-7-5-8-11-12;9-7-6-8-4-2-1-3-5-8/h5-11H,2-4H2,1H3;1-7H. The molecule has 0 fully saturated rings. The number of halogens is 1. The summed E-state index contributed by atoms with van der Waals surface area (Å²) in [5.41, 5.74) is 3.94. The van der Waals surface area contributed by atoms with Crippen LogP contribution in [0, 0.1) is 0 Å². The highest BCUT2D eigenvalue weighted by Crippen LogP contribution is 2.03. The summed E-state index contributed by atoms with van der Waals surface area (Å²) in [7, 11) is 0. The van der Waals surface area contributed by atoms with E-state index < -0.39 is 0 Å². The summed E-state index contributed by atoms with van der Waals surface area (Å²) in [5.74, 6) is 0. The van der Waals surface area contributed by atoms with Gasteiger partial charge < -0.3 is 0 Å². The molecule has 2 aromatic carbocycles. The van der Waals surface area contributed by atoms with Crippen molar-refractivity contribution in [3.05, 3.63) is 83.4 Å². The SMILES string of the molecule is CCCCC=Cc1ccccc1.ClC=Cc1ccccc1. The van der Waals surface area contributed by atoms with E-state index in [0.717, 1.165) is 5.56 Å². The summed E-state index contributed by atoms with van der Waals surface area (Å²) < 4.78 is 0. The highest BCUT2D eigenvalue weighted by atomic mass is 35.5. The molecule has 0 radical (unpaired) electrons. The zero-order chi connectivity index (χ0) is 15.2. The van der Waals surface area contributed by atoms with E-state index in [2.05, 4.69) is 43.3 Å². The molecule has 0 aliphatic rings. The maximum atomic E-state index is 5.36. The smallest absolute Gasteiger partial charge is 0.00484 e. The molecule has 21 heavy (non-hydrogen) atoms. The molecule has 1 heteroatoms. The lowest BCUT2D eigenvalue weighted by atomic mass is 10.2. The highest BCUT2D eigenvalue weighted by Gasteiger charge is 1.82. The van der Waals surface area contributed by atoms with Gasteiger partial charge in [-0.3, -0.25) is 0 Å². The van der Waals surface area contributed by atoms with Crippen molar-refractivity contribution in [2.24, 2.45) is 0 Å². The first-order valence-corrected chi connectivity index (χ1v) is 7.84. The molecule has 0 bridgehead atoms. The average molecular weight is 299 g/mol. The second-order valence-corrected chi connectivity index (χ2v) is 4.91. The van der Waals surface area contributed by atoms with Crippen molar-refractivity contribution in [3.63, 3.8) is 0 Å². The number of allylic oxidation sites excluding steroid dienone is 1. The van der Waals surface area contributed by atoms with Gasteiger partial charge in [-0.1, -0.05) is 104 Å². The first kappa shape index (κ1) is 17.3. The number of rotatable bonds is 5. The Balaban J connectivity index is 0.000000219. The Kier molecular flexibility index (Phi) is 9.86. The molecule has 0 unspecified atom stereocenters. The van der Waals surface area contributed by atoms with Crippen molar-refractivity contribution < 1.29 is 0 Å². The van der Waals surface area contributed by atoms with Gasteiger partial charge in [0.15, 0.2) is 0 Å². The second-order valence-electron chi connectivity index (χ2n) is 4.66. The topological polar surface area (TPSA) is 0 Å². The van der Waals surface area contributed by atoms with Gasteiger partial charge in [0, 0.05) is 5.54 Å². The Morgan fingerprint density at radius 3 is 1.81 bits per heavy atom. The Labute approximate surface area is 133 Å². The minimum atomic E-state index is 1.13. The molecule has 2 rings (SSSR count). The maximum absolute atomic E-state index is 5.36. The molecule has 110 valence electrons.